The summed E-state index contributed by atoms with van der Waals surface area (Å²) < 4.78 is 66.7. The number of carbonyl (C=O) groups excluding carboxylic acids is 3. The molecule has 76 heavy (non-hydrogen) atoms. The maximum absolute atomic E-state index is 16.8. The van der Waals surface area contributed by atoms with Crippen LogP contribution in [0.15, 0.2) is 66.7 Å². The summed E-state index contributed by atoms with van der Waals surface area (Å²) in [5.74, 6) is -2.80. The molecule has 402 valence electrons. The molecule has 6 heterocycles. The van der Waals surface area contributed by atoms with Crippen LogP contribution in [0.2, 0.25) is 0 Å². The number of ether oxygens (including phenoxy) is 1. The number of aromatic nitrogens is 4. The number of rotatable bonds is 13. The smallest absolute Gasteiger partial charge is 0.407 e. The van der Waals surface area contributed by atoms with Crippen molar-refractivity contribution in [1.82, 2.24) is 40.4 Å². The summed E-state index contributed by atoms with van der Waals surface area (Å²) in [5, 5.41) is 14.6. The van der Waals surface area contributed by atoms with Crippen LogP contribution in [0, 0.1) is 35.1 Å². The molecule has 2 aromatic heterocycles. The zero-order valence-corrected chi connectivity index (χ0v) is 43.2. The Labute approximate surface area is 437 Å². The molecule has 0 bridgehead atoms. The van der Waals surface area contributed by atoms with Crippen LogP contribution in [0.4, 0.5) is 38.5 Å². The Bertz CT molecular complexity index is 3130. The number of nitrogens with one attached hydrogen (secondary N) is 4. The number of carbonyl (C=O) groups is 4. The number of halogens is 4. The van der Waals surface area contributed by atoms with E-state index >= 15 is 8.78 Å². The van der Waals surface area contributed by atoms with Gasteiger partial charge in [0.15, 0.2) is 11.6 Å². The van der Waals surface area contributed by atoms with Crippen molar-refractivity contribution < 1.29 is 46.6 Å². The van der Waals surface area contributed by atoms with E-state index in [1.165, 1.54) is 31.4 Å². The van der Waals surface area contributed by atoms with Crippen molar-refractivity contribution in [2.75, 3.05) is 43.1 Å². The number of H-pyrrole nitrogens is 2. The number of benzene rings is 4. The van der Waals surface area contributed by atoms with Gasteiger partial charge < -0.3 is 50.0 Å². The average molecular weight is 1050 g/mol. The minimum absolute atomic E-state index is 0.158. The van der Waals surface area contributed by atoms with Crippen molar-refractivity contribution in [3.8, 4) is 0 Å². The van der Waals surface area contributed by atoms with Crippen LogP contribution in [0.3, 0.4) is 0 Å². The highest BCUT2D eigenvalue weighted by molar-refractivity contribution is 5.87. The van der Waals surface area contributed by atoms with Crippen LogP contribution in [0.25, 0.3) is 22.1 Å². The highest BCUT2D eigenvalue weighted by atomic mass is 19.1. The van der Waals surface area contributed by atoms with Crippen LogP contribution in [0.1, 0.15) is 137 Å². The minimum Gasteiger partial charge on any atom is -0.465 e. The molecule has 5 N–H and O–H groups in total. The fourth-order valence-corrected chi connectivity index (χ4v) is 12.2. The summed E-state index contributed by atoms with van der Waals surface area (Å²) in [6.45, 7) is 8.82. The number of fused-ring (bicyclic) bond motifs is 2. The molecule has 20 heteroatoms. The zero-order chi connectivity index (χ0) is 53.7. The average Bonchev–Trinajstić information content (AvgIpc) is 4.26. The third-order valence-corrected chi connectivity index (χ3v) is 16.0. The predicted octanol–water partition coefficient (Wildman–Crippen LogP) is 10.5. The van der Waals surface area contributed by atoms with Crippen molar-refractivity contribution in [2.24, 2.45) is 11.8 Å². The van der Waals surface area contributed by atoms with Crippen molar-refractivity contribution in [3.63, 3.8) is 0 Å². The normalized spacial score (nSPS) is 21.1. The van der Waals surface area contributed by atoms with Gasteiger partial charge in [-0.3, -0.25) is 9.59 Å². The number of methoxy groups -OCH3 is 1. The lowest BCUT2D eigenvalue weighted by molar-refractivity contribution is -0.136. The maximum Gasteiger partial charge on any atom is 0.407 e. The molecule has 4 saturated heterocycles. The van der Waals surface area contributed by atoms with Crippen LogP contribution < -0.4 is 20.4 Å². The van der Waals surface area contributed by atoms with Gasteiger partial charge in [0.25, 0.3) is 0 Å². The SMILES string of the molecule is COC(=O)N[C@H](C(=O)N1CCC[C@H]1c1nc2cc([C@H]3CC[C@H](c4ccc5[nH]c([C@@H]6CCCN6C(=O)[C@@H](NC(=O)O)C(C)C)nc5c4)N3c3cc(F)c(N4CCC(c5cc(F)cc(F)c5)CC4)c(F)c3)ccc2[nH]1)C(C)C. The molecule has 0 radical (unpaired) electrons. The monoisotopic (exact) mass is 1050 g/mol. The summed E-state index contributed by atoms with van der Waals surface area (Å²) in [4.78, 5) is 75.7. The van der Waals surface area contributed by atoms with Crippen molar-refractivity contribution >= 4 is 57.4 Å². The van der Waals surface area contributed by atoms with Gasteiger partial charge in [-0.2, -0.15) is 0 Å². The number of imidazole rings is 2. The third kappa shape index (κ3) is 10.2. The first-order valence-electron chi connectivity index (χ1n) is 26.4. The van der Waals surface area contributed by atoms with E-state index in [0.29, 0.717) is 92.0 Å². The second-order valence-corrected chi connectivity index (χ2v) is 21.4. The molecule has 4 aliphatic rings. The molecule has 4 aromatic carbocycles. The molecule has 0 saturated carbocycles. The quantitative estimate of drug-likeness (QED) is 0.0696. The van der Waals surface area contributed by atoms with E-state index < -0.39 is 53.6 Å². The van der Waals surface area contributed by atoms with Crippen LogP contribution in [0.5, 0.6) is 0 Å². The number of carboxylic acid groups (broad SMARTS) is 1. The summed E-state index contributed by atoms with van der Waals surface area (Å²) >= 11 is 0. The number of piperidine rings is 1. The summed E-state index contributed by atoms with van der Waals surface area (Å²) in [5.41, 5.74) is 5.19. The molecular formula is C56H64F4N10O6. The van der Waals surface area contributed by atoms with E-state index in [1.807, 2.05) is 50.2 Å². The summed E-state index contributed by atoms with van der Waals surface area (Å²) in [7, 11) is 1.26. The molecule has 0 spiro atoms. The second kappa shape index (κ2) is 21.3. The van der Waals surface area contributed by atoms with Crippen LogP contribution in [-0.2, 0) is 14.3 Å². The van der Waals surface area contributed by atoms with Gasteiger partial charge in [0.2, 0.25) is 11.8 Å². The Morgan fingerprint density at radius 1 is 0.618 bits per heavy atom. The molecule has 6 aromatic rings. The molecule has 6 atom stereocenters. The summed E-state index contributed by atoms with van der Waals surface area (Å²) in [6.07, 6.45) is 2.91. The minimum atomic E-state index is -1.27. The number of amides is 4. The lowest BCUT2D eigenvalue weighted by Crippen LogP contribution is -2.51. The Morgan fingerprint density at radius 2 is 1.11 bits per heavy atom. The molecule has 0 unspecified atom stereocenters. The van der Waals surface area contributed by atoms with Crippen LogP contribution in [-0.4, -0.2) is 104 Å². The first-order valence-corrected chi connectivity index (χ1v) is 26.4. The van der Waals surface area contributed by atoms with Crippen LogP contribution >= 0.6 is 0 Å². The molecule has 10 rings (SSSR count). The topological polar surface area (TPSA) is 192 Å². The fourth-order valence-electron chi connectivity index (χ4n) is 12.2. The lowest BCUT2D eigenvalue weighted by atomic mass is 9.89. The van der Waals surface area contributed by atoms with Gasteiger partial charge in [-0.25, -0.2) is 37.1 Å². The van der Waals surface area contributed by atoms with E-state index in [1.54, 1.807) is 28.5 Å². The number of alkyl carbamates (subject to hydrolysis) is 1. The summed E-state index contributed by atoms with van der Waals surface area (Å²) in [6, 6.07) is 14.8. The van der Waals surface area contributed by atoms with Gasteiger partial charge in [0.1, 0.15) is 41.1 Å². The maximum atomic E-state index is 16.8. The van der Waals surface area contributed by atoms with Gasteiger partial charge in [-0.15, -0.1) is 0 Å². The van der Waals surface area contributed by atoms with Gasteiger partial charge >= 0.3 is 12.2 Å². The molecule has 4 fully saturated rings. The van der Waals surface area contributed by atoms with Gasteiger partial charge in [-0.05, 0) is 134 Å². The van der Waals surface area contributed by atoms with Gasteiger partial charge in [-0.1, -0.05) is 39.8 Å². The Morgan fingerprint density at radius 3 is 1.57 bits per heavy atom. The van der Waals surface area contributed by atoms with E-state index in [4.69, 9.17) is 14.7 Å². The number of likely N-dealkylation sites (tertiary alicyclic amines) is 2. The molecule has 0 aliphatic carbocycles. The Balaban J connectivity index is 0.968. The van der Waals surface area contributed by atoms with Gasteiger partial charge in [0.05, 0.1) is 53.3 Å². The fraction of sp³-hybridized carbons (Fsp3) is 0.464. The number of hydrogen-bond donors (Lipinski definition) is 5. The first kappa shape index (κ1) is 52.1. The highest BCUT2D eigenvalue weighted by Crippen LogP contribution is 2.49. The number of hydrogen-bond acceptors (Lipinski definition) is 9. The molecular weight excluding hydrogens is 985 g/mol. The first-order chi connectivity index (χ1) is 36.5. The standard InChI is InChI=1S/C56H64F4N10O6/c1-29(2)48(65-55(73)74)53(71)68-18-6-8-46(68)51-61-40-12-10-32(24-42(40)63-51)44-14-15-45(70(44)37-27-38(59)50(39(60)28-37)67-20-16-31(17-21-67)34-22-35(57)26-36(58)23-34)33-11-13-41-43(25-33)64-52(62-41)47-9-7-19-69(47)54(72)49(30(3)4)66-56(75)76-5/h10-13,22-31,44-49,65H,6-9,14-21H2,1-5H3,(H,61,63)(H,62,64)(H,66,75)(H,73,74)/t44-,45-,46+,47+,48+,49+/m1/s1. The molecule has 16 nitrogen and oxygen atoms in total. The van der Waals surface area contributed by atoms with Crippen molar-refractivity contribution in [2.45, 2.75) is 121 Å². The van der Waals surface area contributed by atoms with E-state index in [-0.39, 0.29) is 66.5 Å². The van der Waals surface area contributed by atoms with E-state index in [2.05, 4.69) is 25.5 Å². The zero-order valence-electron chi connectivity index (χ0n) is 43.2. The number of nitrogens with zero attached hydrogens (tertiary/aromatic N) is 6. The van der Waals surface area contributed by atoms with E-state index in [0.717, 1.165) is 34.6 Å². The third-order valence-electron chi connectivity index (χ3n) is 16.0. The van der Waals surface area contributed by atoms with E-state index in [9.17, 15) is 33.1 Å². The van der Waals surface area contributed by atoms with Crippen molar-refractivity contribution in [3.05, 3.63) is 118 Å². The lowest BCUT2D eigenvalue weighted by Gasteiger charge is -2.36. The molecule has 4 aliphatic heterocycles. The Kier molecular flexibility index (Phi) is 14.6. The Hall–Kier alpha value is -7.38. The second-order valence-electron chi connectivity index (χ2n) is 21.4. The molecule has 4 amide bonds. The van der Waals surface area contributed by atoms with Gasteiger partial charge in [0, 0.05) is 37.9 Å². The largest absolute Gasteiger partial charge is 0.465 e. The number of anilines is 2. The predicted molar refractivity (Wildman–Crippen MR) is 278 cm³/mol. The van der Waals surface area contributed by atoms with Crippen molar-refractivity contribution in [1.29, 1.82) is 0 Å². The number of aromatic amines is 2. The highest BCUT2D eigenvalue weighted by Gasteiger charge is 2.41.